The van der Waals surface area contributed by atoms with Gasteiger partial charge in [0.25, 0.3) is 0 Å². The van der Waals surface area contributed by atoms with Crippen LogP contribution in [0.1, 0.15) is 18.7 Å². The highest BCUT2D eigenvalue weighted by Crippen LogP contribution is 2.23. The Labute approximate surface area is 201 Å². The van der Waals surface area contributed by atoms with E-state index in [1.807, 2.05) is 48.5 Å². The average Bonchev–Trinajstić information content (AvgIpc) is 3.47. The fraction of sp³-hybridized carbons (Fsp3) is 0.304. The maximum Gasteiger partial charge on any atom is 0.247 e. The molecule has 3 heterocycles. The Morgan fingerprint density at radius 3 is 1.79 bits per heavy atom. The predicted octanol–water partition coefficient (Wildman–Crippen LogP) is 4.80. The van der Waals surface area contributed by atoms with E-state index in [1.165, 1.54) is 0 Å². The number of piperazine rings is 1. The molecule has 2 aromatic heterocycles. The first kappa shape index (κ1) is 22.0. The van der Waals surface area contributed by atoms with Gasteiger partial charge in [0.1, 0.15) is 0 Å². The molecular formula is C23H22Cl2N6O2. The van der Waals surface area contributed by atoms with Gasteiger partial charge in [-0.3, -0.25) is 9.80 Å². The van der Waals surface area contributed by atoms with E-state index >= 15 is 0 Å². The molecule has 0 radical (unpaired) electrons. The molecule has 1 unspecified atom stereocenters. The Morgan fingerprint density at radius 2 is 1.27 bits per heavy atom. The Kier molecular flexibility index (Phi) is 6.41. The van der Waals surface area contributed by atoms with Gasteiger partial charge in [0.05, 0.1) is 13.1 Å². The SMILES string of the molecule is CC1CN(Cc2nnc(-c3ccc(Cl)cc3)o2)CCN1Cc1nnc(-c2ccc(Cl)cc2)o1. The van der Waals surface area contributed by atoms with Crippen molar-refractivity contribution in [1.29, 1.82) is 0 Å². The van der Waals surface area contributed by atoms with Gasteiger partial charge in [-0.1, -0.05) is 23.2 Å². The monoisotopic (exact) mass is 484 g/mol. The Balaban J connectivity index is 1.16. The van der Waals surface area contributed by atoms with Crippen LogP contribution in [0.2, 0.25) is 10.0 Å². The first-order chi connectivity index (χ1) is 16.0. The van der Waals surface area contributed by atoms with Crippen LogP contribution in [0.5, 0.6) is 0 Å². The second-order valence-electron chi connectivity index (χ2n) is 8.07. The van der Waals surface area contributed by atoms with Gasteiger partial charge in [0, 0.05) is 46.8 Å². The lowest BCUT2D eigenvalue weighted by molar-refractivity contribution is 0.0623. The van der Waals surface area contributed by atoms with Crippen molar-refractivity contribution < 1.29 is 8.83 Å². The van der Waals surface area contributed by atoms with Crippen molar-refractivity contribution in [3.05, 3.63) is 70.4 Å². The number of nitrogens with zero attached hydrogens (tertiary/aromatic N) is 6. The zero-order chi connectivity index (χ0) is 22.8. The van der Waals surface area contributed by atoms with Crippen LogP contribution in [0.4, 0.5) is 0 Å². The molecule has 1 aliphatic heterocycles. The Morgan fingerprint density at radius 1 is 0.758 bits per heavy atom. The van der Waals surface area contributed by atoms with Crippen molar-refractivity contribution in [2.75, 3.05) is 19.6 Å². The zero-order valence-corrected chi connectivity index (χ0v) is 19.5. The van der Waals surface area contributed by atoms with Gasteiger partial charge in [0.15, 0.2) is 0 Å². The van der Waals surface area contributed by atoms with Crippen LogP contribution in [0.15, 0.2) is 57.4 Å². The number of aromatic nitrogens is 4. The van der Waals surface area contributed by atoms with Gasteiger partial charge in [-0.05, 0) is 55.5 Å². The van der Waals surface area contributed by atoms with E-state index in [0.29, 0.717) is 52.7 Å². The largest absolute Gasteiger partial charge is 0.419 e. The van der Waals surface area contributed by atoms with Gasteiger partial charge in [-0.2, -0.15) is 0 Å². The Hall–Kier alpha value is -2.78. The van der Waals surface area contributed by atoms with Crippen LogP contribution < -0.4 is 0 Å². The molecule has 1 aliphatic rings. The summed E-state index contributed by atoms with van der Waals surface area (Å²) in [6.45, 7) is 6.03. The van der Waals surface area contributed by atoms with E-state index in [1.54, 1.807) is 0 Å². The van der Waals surface area contributed by atoms with Gasteiger partial charge in [-0.15, -0.1) is 20.4 Å². The highest BCUT2D eigenvalue weighted by Gasteiger charge is 2.26. The molecule has 4 aromatic rings. The third-order valence-corrected chi connectivity index (χ3v) is 6.17. The van der Waals surface area contributed by atoms with Crippen LogP contribution in [0.25, 0.3) is 22.9 Å². The maximum atomic E-state index is 5.95. The van der Waals surface area contributed by atoms with Crippen LogP contribution in [-0.2, 0) is 13.1 Å². The number of benzene rings is 2. The standard InChI is InChI=1S/C23H22Cl2N6O2/c1-15-12-30(13-20-26-28-22(32-20)16-2-6-18(24)7-3-16)10-11-31(15)14-21-27-29-23(33-21)17-4-8-19(25)9-5-17/h2-9,15H,10-14H2,1H3. The third-order valence-electron chi connectivity index (χ3n) is 5.66. The summed E-state index contributed by atoms with van der Waals surface area (Å²) in [5.74, 6) is 2.21. The highest BCUT2D eigenvalue weighted by atomic mass is 35.5. The first-order valence-corrected chi connectivity index (χ1v) is 11.4. The van der Waals surface area contributed by atoms with Crippen molar-refractivity contribution >= 4 is 23.2 Å². The van der Waals surface area contributed by atoms with E-state index in [4.69, 9.17) is 32.0 Å². The highest BCUT2D eigenvalue weighted by molar-refractivity contribution is 6.30. The maximum absolute atomic E-state index is 5.95. The topological polar surface area (TPSA) is 84.3 Å². The molecule has 10 heteroatoms. The molecule has 0 bridgehead atoms. The fourth-order valence-corrected chi connectivity index (χ4v) is 4.12. The summed E-state index contributed by atoms with van der Waals surface area (Å²) in [4.78, 5) is 4.65. The lowest BCUT2D eigenvalue weighted by Gasteiger charge is -2.38. The van der Waals surface area contributed by atoms with Gasteiger partial charge >= 0.3 is 0 Å². The molecule has 33 heavy (non-hydrogen) atoms. The van der Waals surface area contributed by atoms with E-state index < -0.39 is 0 Å². The summed E-state index contributed by atoms with van der Waals surface area (Å²) < 4.78 is 11.7. The predicted molar refractivity (Wildman–Crippen MR) is 125 cm³/mol. The molecule has 1 saturated heterocycles. The molecule has 0 amide bonds. The minimum atomic E-state index is 0.309. The molecule has 0 saturated carbocycles. The minimum Gasteiger partial charge on any atom is -0.419 e. The van der Waals surface area contributed by atoms with Gasteiger partial charge in [-0.25, -0.2) is 0 Å². The van der Waals surface area contributed by atoms with E-state index in [-0.39, 0.29) is 0 Å². The van der Waals surface area contributed by atoms with Crippen molar-refractivity contribution in [3.8, 4) is 22.9 Å². The summed E-state index contributed by atoms with van der Waals surface area (Å²) >= 11 is 11.9. The van der Waals surface area contributed by atoms with Crippen LogP contribution >= 0.6 is 23.2 Å². The molecule has 0 aliphatic carbocycles. The summed E-state index contributed by atoms with van der Waals surface area (Å²) in [5.41, 5.74) is 1.71. The van der Waals surface area contributed by atoms with Gasteiger partial charge < -0.3 is 8.83 Å². The van der Waals surface area contributed by atoms with E-state index in [0.717, 1.165) is 30.8 Å². The minimum absolute atomic E-state index is 0.309. The molecule has 5 rings (SSSR count). The van der Waals surface area contributed by atoms with Gasteiger partial charge in [0.2, 0.25) is 23.6 Å². The quantitative estimate of drug-likeness (QED) is 0.385. The second kappa shape index (κ2) is 9.61. The summed E-state index contributed by atoms with van der Waals surface area (Å²) in [5, 5.41) is 18.1. The lowest BCUT2D eigenvalue weighted by atomic mass is 10.2. The summed E-state index contributed by atoms with van der Waals surface area (Å²) in [6.07, 6.45) is 0. The van der Waals surface area contributed by atoms with Crippen molar-refractivity contribution in [1.82, 2.24) is 30.2 Å². The Bertz CT molecular complexity index is 1210. The third kappa shape index (κ3) is 5.25. The van der Waals surface area contributed by atoms with Crippen molar-refractivity contribution in [2.24, 2.45) is 0 Å². The normalized spacial score (nSPS) is 17.5. The lowest BCUT2D eigenvalue weighted by Crippen LogP contribution is -2.51. The molecule has 1 fully saturated rings. The molecule has 170 valence electrons. The molecule has 1 atom stereocenters. The van der Waals surface area contributed by atoms with E-state index in [2.05, 4.69) is 37.1 Å². The van der Waals surface area contributed by atoms with E-state index in [9.17, 15) is 0 Å². The summed E-state index contributed by atoms with van der Waals surface area (Å²) in [6, 6.07) is 15.0. The molecule has 0 N–H and O–H groups in total. The number of hydrogen-bond acceptors (Lipinski definition) is 8. The van der Waals surface area contributed by atoms with Crippen molar-refractivity contribution in [2.45, 2.75) is 26.1 Å². The molecule has 0 spiro atoms. The summed E-state index contributed by atoms with van der Waals surface area (Å²) in [7, 11) is 0. The van der Waals surface area contributed by atoms with Crippen LogP contribution in [0.3, 0.4) is 0 Å². The fourth-order valence-electron chi connectivity index (χ4n) is 3.87. The number of halogens is 2. The molecule has 2 aromatic carbocycles. The molecule has 8 nitrogen and oxygen atoms in total. The van der Waals surface area contributed by atoms with Crippen LogP contribution in [-0.4, -0.2) is 55.9 Å². The zero-order valence-electron chi connectivity index (χ0n) is 18.0. The number of hydrogen-bond donors (Lipinski definition) is 0. The van der Waals surface area contributed by atoms with Crippen molar-refractivity contribution in [3.63, 3.8) is 0 Å². The number of rotatable bonds is 6. The second-order valence-corrected chi connectivity index (χ2v) is 8.94. The first-order valence-electron chi connectivity index (χ1n) is 10.7. The average molecular weight is 485 g/mol. The molecular weight excluding hydrogens is 463 g/mol. The smallest absolute Gasteiger partial charge is 0.247 e. The van der Waals surface area contributed by atoms with Crippen LogP contribution in [0, 0.1) is 0 Å².